The van der Waals surface area contributed by atoms with E-state index in [9.17, 15) is 30.3 Å². The molecule has 0 radical (unpaired) electrons. The van der Waals surface area contributed by atoms with Crippen molar-refractivity contribution in [2.24, 2.45) is 23.5 Å². The van der Waals surface area contributed by atoms with Gasteiger partial charge in [-0.15, -0.1) is 0 Å². The number of nitrogens with zero attached hydrogens (tertiary/aromatic N) is 1. The van der Waals surface area contributed by atoms with E-state index in [0.29, 0.717) is 23.6 Å². The molecule has 0 aromatic heterocycles. The minimum absolute atomic E-state index is 0.0947. The van der Waals surface area contributed by atoms with E-state index in [1.165, 1.54) is 0 Å². The van der Waals surface area contributed by atoms with E-state index < -0.39 is 43.4 Å². The van der Waals surface area contributed by atoms with Crippen molar-refractivity contribution >= 4 is 18.7 Å². The van der Waals surface area contributed by atoms with Crippen molar-refractivity contribution in [3.8, 4) is 0 Å². The molecule has 1 saturated heterocycles. The lowest BCUT2D eigenvalue weighted by Gasteiger charge is -2.41. The fourth-order valence-electron chi connectivity index (χ4n) is 6.26. The van der Waals surface area contributed by atoms with E-state index in [1.54, 1.807) is 30.9 Å². The van der Waals surface area contributed by atoms with Gasteiger partial charge in [0.05, 0.1) is 18.4 Å². The van der Waals surface area contributed by atoms with Crippen molar-refractivity contribution in [3.63, 3.8) is 0 Å². The summed E-state index contributed by atoms with van der Waals surface area (Å²) in [5.41, 5.74) is 7.38. The second-order valence-corrected chi connectivity index (χ2v) is 15.7. The number of allylic oxidation sites excluding steroid dienone is 15. The Balaban J connectivity index is 0. The fourth-order valence-corrected chi connectivity index (χ4v) is 6.26. The lowest BCUT2D eigenvalue weighted by Crippen LogP contribution is -2.60. The number of carbonyl (C=O) groups excluding carboxylic acids is 2. The number of ether oxygens (including phenoxy) is 2. The summed E-state index contributed by atoms with van der Waals surface area (Å²) < 4.78 is 12.0. The molecule has 358 valence electrons. The number of hydrogen-bond acceptors (Lipinski definition) is 10. The number of aliphatic hydroxyl groups excluding tert-OH is 5. The average Bonchev–Trinajstić information content (AvgIpc) is 3.26. The first-order valence-electron chi connectivity index (χ1n) is 22.4. The van der Waals surface area contributed by atoms with Gasteiger partial charge in [0.25, 0.3) is 5.91 Å². The summed E-state index contributed by atoms with van der Waals surface area (Å²) in [4.78, 5) is 22.1. The molecule has 0 bridgehead atoms. The number of hydrogen-bond donors (Lipinski definition) is 8. The Morgan fingerprint density at radius 2 is 1.49 bits per heavy atom. The van der Waals surface area contributed by atoms with E-state index >= 15 is 0 Å². The number of rotatable bonds is 26. The van der Waals surface area contributed by atoms with Crippen LogP contribution in [0.4, 0.5) is 0 Å². The van der Waals surface area contributed by atoms with Gasteiger partial charge in [-0.25, -0.2) is 0 Å². The zero-order chi connectivity index (χ0) is 48.3. The first kappa shape index (κ1) is 60.7. The highest BCUT2D eigenvalue weighted by Crippen LogP contribution is 2.28. The molecule has 0 aromatic carbocycles. The Labute approximate surface area is 379 Å². The van der Waals surface area contributed by atoms with Crippen molar-refractivity contribution < 1.29 is 44.6 Å². The van der Waals surface area contributed by atoms with Crippen LogP contribution in [-0.4, -0.2) is 106 Å². The second-order valence-electron chi connectivity index (χ2n) is 15.7. The van der Waals surface area contributed by atoms with Crippen LogP contribution >= 0.6 is 0 Å². The van der Waals surface area contributed by atoms with E-state index in [-0.39, 0.29) is 29.5 Å². The summed E-state index contributed by atoms with van der Waals surface area (Å²) in [5, 5.41) is 61.3. The van der Waals surface area contributed by atoms with Crippen LogP contribution in [0.2, 0.25) is 0 Å². The van der Waals surface area contributed by atoms with Crippen LogP contribution in [0.1, 0.15) is 114 Å². The largest absolute Gasteiger partial charge is 0.511 e. The molecule has 1 fully saturated rings. The Morgan fingerprint density at radius 1 is 0.889 bits per heavy atom. The van der Waals surface area contributed by atoms with Crippen LogP contribution in [0.5, 0.6) is 0 Å². The molecule has 0 saturated carbocycles. The second kappa shape index (κ2) is 37.0. The van der Waals surface area contributed by atoms with Crippen molar-refractivity contribution in [1.29, 1.82) is 5.41 Å². The van der Waals surface area contributed by atoms with Gasteiger partial charge >= 0.3 is 0 Å². The summed E-state index contributed by atoms with van der Waals surface area (Å²) in [7, 11) is 1.83. The molecular weight excluding hydrogens is 801 g/mol. The summed E-state index contributed by atoms with van der Waals surface area (Å²) in [5.74, 6) is 0.513. The van der Waals surface area contributed by atoms with Gasteiger partial charge in [-0.3, -0.25) is 10.2 Å². The molecule has 0 spiro atoms. The standard InChI is InChI=1S/C47H76N4O8.C2H6.CH2O/c1-9-24-39(53)38(7)50-45(57)36(5)29-22-14-12-10-11-13-21-28-35(4)44(59-46-43(56)42(55)41(54)40(32-52)58-46)37(6)31-34(3)27-20-17-19-26-33(2)25-18-15-16-23-30-51(8)47(48)49;2*1-2/h10-15,18-19,21-22,26,28-29,31,33-35,40-44,46,52-56H,9,16-17,20,23-25,27,30,32H2,1-8H3,(H3,48,49)(H,50,57);1-2H3;1H2/b12-10+,13-11+,18-15+,22-14+,26-19+,28-21+,36-29+,37-31+,39-38-;;. The minimum atomic E-state index is -1.54. The van der Waals surface area contributed by atoms with Crippen LogP contribution in [0.3, 0.4) is 0 Å². The van der Waals surface area contributed by atoms with Gasteiger partial charge in [-0.2, -0.15) is 0 Å². The molecule has 1 heterocycles. The number of unbranched alkanes of at least 4 members (excludes halogenated alkanes) is 2. The first-order valence-corrected chi connectivity index (χ1v) is 22.4. The highest BCUT2D eigenvalue weighted by atomic mass is 16.7. The van der Waals surface area contributed by atoms with Gasteiger partial charge in [-0.1, -0.05) is 127 Å². The Bertz CT molecular complexity index is 1550. The van der Waals surface area contributed by atoms with Crippen LogP contribution in [0, 0.1) is 23.2 Å². The molecule has 1 amide bonds. The van der Waals surface area contributed by atoms with Gasteiger partial charge in [-0.05, 0) is 83.1 Å². The Kier molecular flexibility index (Phi) is 35.7. The summed E-state index contributed by atoms with van der Waals surface area (Å²) in [6.07, 6.45) is 27.5. The van der Waals surface area contributed by atoms with Crippen LogP contribution < -0.4 is 11.1 Å². The quantitative estimate of drug-likeness (QED) is 0.00791. The minimum Gasteiger partial charge on any atom is -0.511 e. The lowest BCUT2D eigenvalue weighted by molar-refractivity contribution is -0.310. The maximum Gasteiger partial charge on any atom is 0.251 e. The molecule has 0 aliphatic carbocycles. The maximum atomic E-state index is 12.4. The zero-order valence-electron chi connectivity index (χ0n) is 40.0. The van der Waals surface area contributed by atoms with Crippen molar-refractivity contribution in [2.75, 3.05) is 20.2 Å². The Hall–Kier alpha value is -4.37. The third-order valence-corrected chi connectivity index (χ3v) is 10.1. The van der Waals surface area contributed by atoms with E-state index in [0.717, 1.165) is 57.1 Å². The molecule has 9 unspecified atom stereocenters. The third-order valence-electron chi connectivity index (χ3n) is 10.1. The molecule has 1 aliphatic rings. The van der Waals surface area contributed by atoms with Gasteiger partial charge < -0.3 is 55.8 Å². The molecule has 9 N–H and O–H groups in total. The highest BCUT2D eigenvalue weighted by molar-refractivity contribution is 5.94. The summed E-state index contributed by atoms with van der Waals surface area (Å²) in [6, 6.07) is 0. The van der Waals surface area contributed by atoms with Gasteiger partial charge in [0.2, 0.25) is 0 Å². The van der Waals surface area contributed by atoms with Crippen LogP contribution in [0.25, 0.3) is 0 Å². The monoisotopic (exact) mass is 885 g/mol. The molecule has 0 aromatic rings. The van der Waals surface area contributed by atoms with Crippen molar-refractivity contribution in [1.82, 2.24) is 10.2 Å². The first-order chi connectivity index (χ1) is 30.0. The molecule has 63 heavy (non-hydrogen) atoms. The Morgan fingerprint density at radius 3 is 2.10 bits per heavy atom. The van der Waals surface area contributed by atoms with Crippen LogP contribution in [-0.2, 0) is 19.1 Å². The topological polar surface area (TPSA) is 219 Å². The molecular formula is C50H84N4O9. The highest BCUT2D eigenvalue weighted by Gasteiger charge is 2.45. The molecule has 13 heteroatoms. The van der Waals surface area contributed by atoms with Gasteiger partial charge in [0.15, 0.2) is 12.2 Å². The van der Waals surface area contributed by atoms with E-state index in [4.69, 9.17) is 25.4 Å². The fraction of sp³-hybridized carbons (Fsp3) is 0.580. The summed E-state index contributed by atoms with van der Waals surface area (Å²) >= 11 is 0. The zero-order valence-corrected chi connectivity index (χ0v) is 40.0. The van der Waals surface area contributed by atoms with E-state index in [1.807, 2.05) is 91.0 Å². The molecule has 1 aliphatic heterocycles. The van der Waals surface area contributed by atoms with Crippen molar-refractivity contribution in [2.45, 2.75) is 150 Å². The number of aliphatic hydroxyl groups is 5. The van der Waals surface area contributed by atoms with Gasteiger partial charge in [0, 0.05) is 31.5 Å². The third kappa shape index (κ3) is 26.8. The lowest BCUT2D eigenvalue weighted by atomic mass is 9.92. The number of nitrogens with two attached hydrogens (primary N) is 1. The normalized spacial score (nSPS) is 22.2. The molecule has 13 nitrogen and oxygen atoms in total. The van der Waals surface area contributed by atoms with Crippen LogP contribution in [0.15, 0.2) is 108 Å². The number of carbonyl (C=O) groups is 2. The molecule has 1 rings (SSSR count). The number of guanidine groups is 1. The number of amides is 1. The SMILES string of the molecule is C=O.CC.CCC/C(O)=C(\C)NC(=O)/C(C)=C/C=C/C=C/C=C/C=C/C(C)C(OC1OC(CO)C(O)C(O)C1O)/C(C)=C/C(C)CCC/C=C/C(C)C/C=C/CCCN(C)C(=N)N. The summed E-state index contributed by atoms with van der Waals surface area (Å²) in [6.45, 7) is 19.9. The number of nitrogens with one attached hydrogen (secondary N) is 2. The average molecular weight is 885 g/mol. The smallest absolute Gasteiger partial charge is 0.251 e. The van der Waals surface area contributed by atoms with E-state index in [2.05, 4.69) is 49.5 Å². The predicted octanol–water partition coefficient (Wildman–Crippen LogP) is 8.02. The van der Waals surface area contributed by atoms with Crippen molar-refractivity contribution in [3.05, 3.63) is 108 Å². The van der Waals surface area contributed by atoms with Gasteiger partial charge in [0.1, 0.15) is 37.0 Å². The maximum absolute atomic E-state index is 12.4. The predicted molar refractivity (Wildman–Crippen MR) is 258 cm³/mol. The molecule has 9 atom stereocenters.